The summed E-state index contributed by atoms with van der Waals surface area (Å²) in [6.07, 6.45) is -12.6. The number of fused-ring (bicyclic) bond motifs is 1. The lowest BCUT2D eigenvalue weighted by Crippen LogP contribution is -2.55. The second-order valence-corrected chi connectivity index (χ2v) is 13.6. The molecule has 1 aliphatic rings. The van der Waals surface area contributed by atoms with Gasteiger partial charge in [-0.2, -0.15) is 40.2 Å². The number of carbonyl (C=O) groups excluding carboxylic acids is 1. The average Bonchev–Trinajstić information content (AvgIpc) is 3.23. The van der Waals surface area contributed by atoms with E-state index in [-0.39, 0.29) is 21.8 Å². The molecule has 22 heteroatoms. The van der Waals surface area contributed by atoms with E-state index in [9.17, 15) is 56.8 Å². The SMILES string of the molecule is Cc1nn(C(F)F)cc1S(=O)(=O)N1c2cc(NC(=O)OC(C)(C)C(F)(F)F)ccc2OC(CNS(=O)(=O)CC(F)(F)F)C1C. The first-order valence-electron chi connectivity index (χ1n) is 12.1. The number of aromatic nitrogens is 2. The van der Waals surface area contributed by atoms with Gasteiger partial charge in [-0.3, -0.25) is 9.62 Å². The van der Waals surface area contributed by atoms with Crippen molar-refractivity contribution < 1.29 is 66.2 Å². The van der Waals surface area contributed by atoms with Crippen LogP contribution in [0, 0.1) is 6.92 Å². The molecule has 0 saturated heterocycles. The monoisotopic (exact) mass is 687 g/mol. The molecule has 1 aromatic carbocycles. The van der Waals surface area contributed by atoms with Gasteiger partial charge in [0, 0.05) is 12.2 Å². The molecule has 2 aromatic rings. The first kappa shape index (κ1) is 35.1. The van der Waals surface area contributed by atoms with Gasteiger partial charge < -0.3 is 9.47 Å². The predicted molar refractivity (Wildman–Crippen MR) is 136 cm³/mol. The molecular formula is C22H25F8N5O7S2. The molecule has 12 nitrogen and oxygen atoms in total. The molecule has 2 unspecified atom stereocenters. The molecule has 3 rings (SSSR count). The van der Waals surface area contributed by atoms with Crippen LogP contribution in [-0.4, -0.2) is 75.1 Å². The zero-order chi connectivity index (χ0) is 33.6. The van der Waals surface area contributed by atoms with Crippen molar-refractivity contribution >= 4 is 37.5 Å². The molecule has 0 radical (unpaired) electrons. The number of halogens is 8. The Bertz CT molecular complexity index is 1610. The van der Waals surface area contributed by atoms with E-state index in [2.05, 4.69) is 9.84 Å². The number of hydrogen-bond donors (Lipinski definition) is 2. The number of anilines is 2. The van der Waals surface area contributed by atoms with Crippen molar-refractivity contribution in [1.82, 2.24) is 14.5 Å². The molecule has 2 N–H and O–H groups in total. The molecular weight excluding hydrogens is 662 g/mol. The maximum Gasteiger partial charge on any atom is 0.427 e. The molecule has 0 bridgehead atoms. The Morgan fingerprint density at radius 3 is 2.25 bits per heavy atom. The van der Waals surface area contributed by atoms with Gasteiger partial charge in [0.15, 0.2) is 5.75 Å². The fraction of sp³-hybridized carbons (Fsp3) is 0.545. The highest BCUT2D eigenvalue weighted by Gasteiger charge is 2.51. The molecule has 0 spiro atoms. The Kier molecular flexibility index (Phi) is 9.44. The number of carbonyl (C=O) groups is 1. The van der Waals surface area contributed by atoms with Crippen molar-refractivity contribution in [2.24, 2.45) is 0 Å². The van der Waals surface area contributed by atoms with Gasteiger partial charge >= 0.3 is 25.0 Å². The number of alkyl halides is 8. The third kappa shape index (κ3) is 7.81. The quantitative estimate of drug-likeness (QED) is 0.371. The van der Waals surface area contributed by atoms with Crippen molar-refractivity contribution in [3.8, 4) is 5.75 Å². The highest BCUT2D eigenvalue weighted by molar-refractivity contribution is 7.93. The van der Waals surface area contributed by atoms with Crippen molar-refractivity contribution in [3.63, 3.8) is 0 Å². The maximum atomic E-state index is 13.8. The Morgan fingerprint density at radius 2 is 1.73 bits per heavy atom. The average molecular weight is 688 g/mol. The lowest BCUT2D eigenvalue weighted by atomic mass is 10.1. The Morgan fingerprint density at radius 1 is 1.11 bits per heavy atom. The van der Waals surface area contributed by atoms with E-state index >= 15 is 0 Å². The molecule has 0 aliphatic carbocycles. The molecule has 1 aromatic heterocycles. The van der Waals surface area contributed by atoms with Gasteiger partial charge in [0.2, 0.25) is 15.6 Å². The van der Waals surface area contributed by atoms with Gasteiger partial charge in [-0.15, -0.1) is 0 Å². The summed E-state index contributed by atoms with van der Waals surface area (Å²) in [6, 6.07) is 1.55. The van der Waals surface area contributed by atoms with Gasteiger partial charge in [-0.05, 0) is 45.9 Å². The number of nitrogens with zero attached hydrogens (tertiary/aromatic N) is 3. The predicted octanol–water partition coefficient (Wildman–Crippen LogP) is 4.30. The lowest BCUT2D eigenvalue weighted by Gasteiger charge is -2.41. The molecule has 1 amide bonds. The van der Waals surface area contributed by atoms with Crippen LogP contribution in [0.4, 0.5) is 51.3 Å². The van der Waals surface area contributed by atoms with Crippen LogP contribution in [0.2, 0.25) is 0 Å². The molecule has 0 fully saturated rings. The Hall–Kier alpha value is -3.40. The van der Waals surface area contributed by atoms with Gasteiger partial charge in [0.05, 0.1) is 23.6 Å². The fourth-order valence-electron chi connectivity index (χ4n) is 3.89. The summed E-state index contributed by atoms with van der Waals surface area (Å²) in [6.45, 7) is -0.708. The number of aryl methyl sites for hydroxylation is 1. The maximum absolute atomic E-state index is 13.8. The van der Waals surface area contributed by atoms with Crippen LogP contribution in [0.1, 0.15) is 33.0 Å². The highest BCUT2D eigenvalue weighted by atomic mass is 32.2. The number of benzene rings is 1. The van der Waals surface area contributed by atoms with Crippen molar-refractivity contribution in [3.05, 3.63) is 30.1 Å². The van der Waals surface area contributed by atoms with Crippen LogP contribution in [0.5, 0.6) is 5.75 Å². The first-order valence-corrected chi connectivity index (χ1v) is 15.2. The van der Waals surface area contributed by atoms with Crippen molar-refractivity contribution in [1.29, 1.82) is 0 Å². The number of hydrogen-bond acceptors (Lipinski definition) is 8. The number of rotatable bonds is 9. The van der Waals surface area contributed by atoms with Crippen LogP contribution in [0.3, 0.4) is 0 Å². The molecule has 248 valence electrons. The molecule has 44 heavy (non-hydrogen) atoms. The number of sulfonamides is 2. The van der Waals surface area contributed by atoms with E-state index in [1.54, 1.807) is 4.72 Å². The van der Waals surface area contributed by atoms with E-state index in [4.69, 9.17) is 4.74 Å². The molecule has 2 atom stereocenters. The summed E-state index contributed by atoms with van der Waals surface area (Å²) in [5, 5.41) is 5.45. The third-order valence-corrected chi connectivity index (χ3v) is 9.44. The first-order chi connectivity index (χ1) is 19.8. The van der Waals surface area contributed by atoms with Crippen LogP contribution in [0.25, 0.3) is 0 Å². The van der Waals surface area contributed by atoms with Crippen LogP contribution < -0.4 is 19.1 Å². The smallest absolute Gasteiger partial charge is 0.427 e. The van der Waals surface area contributed by atoms with Crippen LogP contribution in [-0.2, 0) is 24.8 Å². The zero-order valence-corrected chi connectivity index (χ0v) is 24.6. The van der Waals surface area contributed by atoms with Gasteiger partial charge in [0.25, 0.3) is 10.0 Å². The van der Waals surface area contributed by atoms with Gasteiger partial charge in [-0.25, -0.2) is 31.0 Å². The van der Waals surface area contributed by atoms with Crippen molar-refractivity contribution in [2.75, 3.05) is 21.9 Å². The summed E-state index contributed by atoms with van der Waals surface area (Å²) < 4.78 is 168. The summed E-state index contributed by atoms with van der Waals surface area (Å²) in [5.41, 5.74) is -4.02. The van der Waals surface area contributed by atoms with E-state index in [1.165, 1.54) is 0 Å². The fourth-order valence-corrected chi connectivity index (χ4v) is 6.69. The summed E-state index contributed by atoms with van der Waals surface area (Å²) in [5.74, 6) is -2.58. The second kappa shape index (κ2) is 11.8. The summed E-state index contributed by atoms with van der Waals surface area (Å²) >= 11 is 0. The van der Waals surface area contributed by atoms with Crippen LogP contribution >= 0.6 is 0 Å². The highest BCUT2D eigenvalue weighted by Crippen LogP contribution is 2.42. The standard InChI is InChI=1S/C22H25F8N5O7S2/c1-11-17(9-34(33-11)18(23)24)44(39,40)35-12(2)16(8-31-43(37,38)10-21(25,26)27)41-15-6-5-13(7-14(15)35)32-19(36)42-20(3,4)22(28,29)30/h5-7,9,12,16,18,31H,8,10H2,1-4H3,(H,32,36). The van der Waals surface area contributed by atoms with E-state index in [0.717, 1.165) is 32.0 Å². The lowest BCUT2D eigenvalue weighted by molar-refractivity contribution is -0.242. The molecule has 1 aliphatic heterocycles. The number of ether oxygens (including phenoxy) is 2. The van der Waals surface area contributed by atoms with Crippen LogP contribution in [0.15, 0.2) is 29.3 Å². The van der Waals surface area contributed by atoms with Gasteiger partial charge in [0.1, 0.15) is 16.7 Å². The largest absolute Gasteiger partial charge is 0.485 e. The van der Waals surface area contributed by atoms with Crippen molar-refractivity contribution in [2.45, 2.75) is 69.2 Å². The summed E-state index contributed by atoms with van der Waals surface area (Å²) in [7, 11) is -9.85. The Labute approximate surface area is 245 Å². The molecule has 0 saturated carbocycles. The number of nitrogens with one attached hydrogen (secondary N) is 2. The van der Waals surface area contributed by atoms with E-state index in [1.807, 2.05) is 5.32 Å². The minimum absolute atomic E-state index is 0.0490. The topological polar surface area (TPSA) is 149 Å². The minimum atomic E-state index is -5.10. The third-order valence-electron chi connectivity index (χ3n) is 6.13. The zero-order valence-electron chi connectivity index (χ0n) is 23.0. The second-order valence-electron chi connectivity index (χ2n) is 9.96. The molecule has 2 heterocycles. The minimum Gasteiger partial charge on any atom is -0.485 e. The van der Waals surface area contributed by atoms with Gasteiger partial charge in [-0.1, -0.05) is 0 Å². The van der Waals surface area contributed by atoms with E-state index < -0.39 is 85.7 Å². The Balaban J connectivity index is 2.05. The number of amides is 1. The normalized spacial score (nSPS) is 18.2. The van der Waals surface area contributed by atoms with E-state index in [0.29, 0.717) is 24.3 Å². The summed E-state index contributed by atoms with van der Waals surface area (Å²) in [4.78, 5) is 11.5.